The zero-order chi connectivity index (χ0) is 28.6. The Morgan fingerprint density at radius 3 is 2.05 bits per heavy atom. The number of rotatable bonds is 9. The lowest BCUT2D eigenvalue weighted by Gasteiger charge is -2.20. The van der Waals surface area contributed by atoms with Crippen LogP contribution in [0.5, 0.6) is 0 Å². The summed E-state index contributed by atoms with van der Waals surface area (Å²) in [7, 11) is -6.72. The molecule has 0 radical (unpaired) electrons. The fourth-order valence-electron chi connectivity index (χ4n) is 3.40. The van der Waals surface area contributed by atoms with E-state index in [-0.39, 0.29) is 35.1 Å². The van der Waals surface area contributed by atoms with Gasteiger partial charge in [0.2, 0.25) is 0 Å². The van der Waals surface area contributed by atoms with Crippen molar-refractivity contribution in [2.24, 2.45) is 0 Å². The second kappa shape index (κ2) is 12.7. The zero-order valence-corrected chi connectivity index (χ0v) is 23.7. The summed E-state index contributed by atoms with van der Waals surface area (Å²) in [5, 5.41) is 0. The number of aryl methyl sites for hydroxylation is 3. The second-order valence-corrected chi connectivity index (χ2v) is 12.3. The minimum atomic E-state index is -4.05. The molecule has 0 heterocycles. The van der Waals surface area contributed by atoms with E-state index in [0.29, 0.717) is 5.56 Å². The van der Waals surface area contributed by atoms with E-state index in [9.17, 15) is 21.6 Å². The lowest BCUT2D eigenvalue weighted by atomic mass is 10.1. The lowest BCUT2D eigenvalue weighted by molar-refractivity contribution is 0.0745. The van der Waals surface area contributed by atoms with E-state index in [1.807, 2.05) is 13.8 Å². The van der Waals surface area contributed by atoms with Gasteiger partial charge in [0.1, 0.15) is 6.61 Å². The zero-order valence-electron chi connectivity index (χ0n) is 22.1. The number of sulfonamides is 2. The van der Waals surface area contributed by atoms with Crippen LogP contribution in [0.4, 0.5) is 10.5 Å². The SMILES string of the molecule is COC(=O)OCCC#CN(Cc1cc(NS(=O)(=O)c2ccc(C)cc2)ccc1C)S(=O)(=O)c1ccc(C)cc1. The Morgan fingerprint density at radius 2 is 1.46 bits per heavy atom. The van der Waals surface area contributed by atoms with Crippen LogP contribution in [0.2, 0.25) is 0 Å². The molecule has 0 aliphatic rings. The summed E-state index contributed by atoms with van der Waals surface area (Å²) >= 11 is 0. The van der Waals surface area contributed by atoms with Crippen LogP contribution in [0.1, 0.15) is 28.7 Å². The highest BCUT2D eigenvalue weighted by molar-refractivity contribution is 7.92. The average molecular weight is 571 g/mol. The predicted octanol–water partition coefficient (Wildman–Crippen LogP) is 4.74. The summed E-state index contributed by atoms with van der Waals surface area (Å²) in [6.45, 7) is 5.28. The molecule has 0 saturated heterocycles. The van der Waals surface area contributed by atoms with E-state index in [2.05, 4.69) is 21.4 Å². The molecule has 3 aromatic carbocycles. The topological polar surface area (TPSA) is 119 Å². The number of hydrogen-bond acceptors (Lipinski definition) is 7. The van der Waals surface area contributed by atoms with Gasteiger partial charge in [0.25, 0.3) is 20.0 Å². The van der Waals surface area contributed by atoms with Crippen molar-refractivity contribution in [2.75, 3.05) is 18.4 Å². The van der Waals surface area contributed by atoms with Crippen LogP contribution in [0.3, 0.4) is 0 Å². The molecule has 0 amide bonds. The molecule has 0 aromatic heterocycles. The number of carbonyl (C=O) groups excluding carboxylic acids is 1. The van der Waals surface area contributed by atoms with E-state index in [0.717, 1.165) is 21.0 Å². The molecule has 0 spiro atoms. The third-order valence-corrected chi connectivity index (χ3v) is 8.74. The Labute approximate surface area is 229 Å². The van der Waals surface area contributed by atoms with E-state index in [4.69, 9.17) is 4.74 Å². The van der Waals surface area contributed by atoms with Crippen molar-refractivity contribution < 1.29 is 31.1 Å². The molecule has 0 atom stereocenters. The van der Waals surface area contributed by atoms with Gasteiger partial charge in [-0.05, 0) is 68.3 Å². The summed E-state index contributed by atoms with van der Waals surface area (Å²) in [5.74, 6) is 2.72. The first-order valence-corrected chi connectivity index (χ1v) is 14.8. The maximum Gasteiger partial charge on any atom is 0.508 e. The first-order valence-electron chi connectivity index (χ1n) is 11.9. The van der Waals surface area contributed by atoms with Crippen molar-refractivity contribution in [1.82, 2.24) is 4.31 Å². The first-order chi connectivity index (χ1) is 18.4. The van der Waals surface area contributed by atoms with Gasteiger partial charge in [0.15, 0.2) is 0 Å². The van der Waals surface area contributed by atoms with Crippen LogP contribution in [0, 0.1) is 32.7 Å². The van der Waals surface area contributed by atoms with Crippen molar-refractivity contribution >= 4 is 31.9 Å². The highest BCUT2D eigenvalue weighted by Crippen LogP contribution is 2.24. The monoisotopic (exact) mass is 570 g/mol. The van der Waals surface area contributed by atoms with Crippen LogP contribution in [-0.4, -0.2) is 41.0 Å². The van der Waals surface area contributed by atoms with Gasteiger partial charge in [-0.25, -0.2) is 25.9 Å². The summed E-state index contributed by atoms with van der Waals surface area (Å²) in [6.07, 6.45) is -0.786. The van der Waals surface area contributed by atoms with E-state index in [1.54, 1.807) is 49.4 Å². The van der Waals surface area contributed by atoms with Crippen LogP contribution < -0.4 is 4.72 Å². The first kappa shape index (κ1) is 29.5. The molecule has 0 aliphatic carbocycles. The standard InChI is InChI=1S/C28H30N2O7S2/c1-21-7-13-26(14-8-21)38(32,33)29-25-12-11-23(3)24(19-25)20-30(17-5-6-18-37-28(31)36-4)39(34,35)27-15-9-22(2)10-16-27/h7-16,19,29H,6,18,20H2,1-4H3. The van der Waals surface area contributed by atoms with E-state index < -0.39 is 26.2 Å². The van der Waals surface area contributed by atoms with Crippen molar-refractivity contribution in [1.29, 1.82) is 0 Å². The molecule has 1 N–H and O–H groups in total. The predicted molar refractivity (Wildman–Crippen MR) is 148 cm³/mol. The third-order valence-electron chi connectivity index (χ3n) is 5.67. The van der Waals surface area contributed by atoms with Gasteiger partial charge in [0.05, 0.1) is 23.4 Å². The smallest absolute Gasteiger partial charge is 0.438 e. The fraction of sp³-hybridized carbons (Fsp3) is 0.250. The molecule has 0 fully saturated rings. The summed E-state index contributed by atoms with van der Waals surface area (Å²) < 4.78 is 65.6. The number of hydrogen-bond donors (Lipinski definition) is 1. The fourth-order valence-corrected chi connectivity index (χ4v) is 5.68. The minimum absolute atomic E-state index is 0.0575. The van der Waals surface area contributed by atoms with Gasteiger partial charge in [-0.15, -0.1) is 0 Å². The third kappa shape index (κ3) is 7.99. The number of benzene rings is 3. The molecular formula is C28H30N2O7S2. The van der Waals surface area contributed by atoms with Crippen LogP contribution in [0.25, 0.3) is 0 Å². The lowest BCUT2D eigenvalue weighted by Crippen LogP contribution is -2.27. The van der Waals surface area contributed by atoms with Gasteiger partial charge in [-0.1, -0.05) is 47.4 Å². The number of methoxy groups -OCH3 is 1. The Balaban J connectivity index is 1.91. The molecule has 39 heavy (non-hydrogen) atoms. The normalized spacial score (nSPS) is 11.2. The minimum Gasteiger partial charge on any atom is -0.438 e. The van der Waals surface area contributed by atoms with Gasteiger partial charge >= 0.3 is 6.16 Å². The maximum atomic E-state index is 13.5. The maximum absolute atomic E-state index is 13.5. The number of ether oxygens (including phenoxy) is 2. The molecule has 9 nitrogen and oxygen atoms in total. The molecule has 0 bridgehead atoms. The molecule has 3 rings (SSSR count). The van der Waals surface area contributed by atoms with Gasteiger partial charge in [0, 0.05) is 18.2 Å². The summed E-state index contributed by atoms with van der Waals surface area (Å²) in [4.78, 5) is 11.3. The summed E-state index contributed by atoms with van der Waals surface area (Å²) in [6, 6.07) is 20.4. The number of anilines is 1. The molecule has 3 aromatic rings. The number of nitrogens with one attached hydrogen (secondary N) is 1. The molecule has 0 saturated carbocycles. The quantitative estimate of drug-likeness (QED) is 0.171. The van der Waals surface area contributed by atoms with E-state index >= 15 is 0 Å². The number of nitrogens with zero attached hydrogens (tertiary/aromatic N) is 1. The molecule has 206 valence electrons. The van der Waals surface area contributed by atoms with E-state index in [1.165, 1.54) is 31.4 Å². The van der Waals surface area contributed by atoms with Gasteiger partial charge in [-0.3, -0.25) is 4.72 Å². The molecule has 0 aliphatic heterocycles. The largest absolute Gasteiger partial charge is 0.508 e. The Bertz CT molecular complexity index is 1590. The average Bonchev–Trinajstić information content (AvgIpc) is 2.89. The van der Waals surface area contributed by atoms with Crippen molar-refractivity contribution in [3.63, 3.8) is 0 Å². The van der Waals surface area contributed by atoms with Crippen LogP contribution in [-0.2, 0) is 36.1 Å². The highest BCUT2D eigenvalue weighted by atomic mass is 32.2. The Hall–Kier alpha value is -4.01. The molecule has 0 unspecified atom stereocenters. The van der Waals surface area contributed by atoms with Crippen molar-refractivity contribution in [2.45, 2.75) is 43.5 Å². The molecule has 11 heteroatoms. The Kier molecular flexibility index (Phi) is 9.61. The highest BCUT2D eigenvalue weighted by Gasteiger charge is 2.23. The van der Waals surface area contributed by atoms with Gasteiger partial charge < -0.3 is 9.47 Å². The van der Waals surface area contributed by atoms with Crippen molar-refractivity contribution in [3.8, 4) is 12.0 Å². The molecular weight excluding hydrogens is 540 g/mol. The van der Waals surface area contributed by atoms with Gasteiger partial charge in [-0.2, -0.15) is 0 Å². The Morgan fingerprint density at radius 1 is 0.872 bits per heavy atom. The van der Waals surface area contributed by atoms with Crippen LogP contribution in [0.15, 0.2) is 76.5 Å². The second-order valence-electron chi connectivity index (χ2n) is 8.73. The van der Waals surface area contributed by atoms with Crippen molar-refractivity contribution in [3.05, 3.63) is 89.0 Å². The summed E-state index contributed by atoms with van der Waals surface area (Å²) in [5.41, 5.74) is 3.40. The van der Waals surface area contributed by atoms with Crippen LogP contribution >= 0.6 is 0 Å². The number of carbonyl (C=O) groups is 1.